The van der Waals surface area contributed by atoms with Gasteiger partial charge in [-0.1, -0.05) is 42.5 Å². The van der Waals surface area contributed by atoms with Crippen LogP contribution in [-0.4, -0.2) is 31.6 Å². The maximum absolute atomic E-state index is 5.30. The molecule has 1 aliphatic rings. The molecule has 0 N–H and O–H groups in total. The van der Waals surface area contributed by atoms with E-state index in [0.717, 1.165) is 24.6 Å². The van der Waals surface area contributed by atoms with E-state index in [1.54, 1.807) is 7.11 Å². The number of halogens is 1. The van der Waals surface area contributed by atoms with Crippen LogP contribution in [0.2, 0.25) is 0 Å². The largest absolute Gasteiger partial charge is 0.497 e. The molecule has 2 aromatic rings. The molecular weight excluding hydrogens is 318 g/mol. The van der Waals surface area contributed by atoms with Crippen LogP contribution in [-0.2, 0) is 12.8 Å². The van der Waals surface area contributed by atoms with Crippen LogP contribution in [0.4, 0.5) is 0 Å². The lowest BCUT2D eigenvalue weighted by molar-refractivity contribution is 0.186. The van der Waals surface area contributed by atoms with E-state index in [9.17, 15) is 0 Å². The van der Waals surface area contributed by atoms with E-state index >= 15 is 0 Å². The van der Waals surface area contributed by atoms with Crippen LogP contribution in [0.25, 0.3) is 0 Å². The Morgan fingerprint density at radius 2 is 1.67 bits per heavy atom. The molecule has 0 atom stereocenters. The maximum atomic E-state index is 5.30. The number of nitrogens with zero attached hydrogens (tertiary/aromatic N) is 1. The molecule has 0 bridgehead atoms. The molecule has 0 spiro atoms. The Morgan fingerprint density at radius 1 is 0.958 bits per heavy atom. The smallest absolute Gasteiger partial charge is 0.119 e. The first kappa shape index (κ1) is 18.8. The maximum Gasteiger partial charge on any atom is 0.119 e. The number of ether oxygens (including phenoxy) is 1. The fourth-order valence-electron chi connectivity index (χ4n) is 3.48. The molecule has 0 amide bonds. The zero-order valence-electron chi connectivity index (χ0n) is 14.5. The molecule has 130 valence electrons. The van der Waals surface area contributed by atoms with Crippen LogP contribution in [0, 0.1) is 5.92 Å². The van der Waals surface area contributed by atoms with Crippen molar-refractivity contribution in [3.8, 4) is 5.75 Å². The van der Waals surface area contributed by atoms with Crippen LogP contribution in [0.1, 0.15) is 24.0 Å². The highest BCUT2D eigenvalue weighted by molar-refractivity contribution is 5.85. The summed E-state index contributed by atoms with van der Waals surface area (Å²) in [6, 6.07) is 19.4. The van der Waals surface area contributed by atoms with E-state index < -0.39 is 0 Å². The topological polar surface area (TPSA) is 12.5 Å². The highest BCUT2D eigenvalue weighted by Gasteiger charge is 2.19. The van der Waals surface area contributed by atoms with E-state index in [-0.39, 0.29) is 12.4 Å². The van der Waals surface area contributed by atoms with E-state index in [0.29, 0.717) is 0 Å². The van der Waals surface area contributed by atoms with Crippen LogP contribution in [0.15, 0.2) is 54.6 Å². The Hall–Kier alpha value is -1.51. The molecule has 3 rings (SSSR count). The average molecular weight is 346 g/mol. The molecule has 2 nitrogen and oxygen atoms in total. The van der Waals surface area contributed by atoms with Crippen LogP contribution >= 0.6 is 12.4 Å². The lowest BCUT2D eigenvalue weighted by Crippen LogP contribution is -2.35. The molecule has 1 aliphatic heterocycles. The molecule has 24 heavy (non-hydrogen) atoms. The van der Waals surface area contributed by atoms with Crippen LogP contribution in [0.3, 0.4) is 0 Å². The predicted molar refractivity (Wildman–Crippen MR) is 103 cm³/mol. The summed E-state index contributed by atoms with van der Waals surface area (Å²) in [5, 5.41) is 0. The number of methoxy groups -OCH3 is 1. The summed E-state index contributed by atoms with van der Waals surface area (Å²) in [5.74, 6) is 1.81. The fourth-order valence-corrected chi connectivity index (χ4v) is 3.48. The third-order valence-electron chi connectivity index (χ3n) is 4.93. The van der Waals surface area contributed by atoms with Crippen LogP contribution in [0.5, 0.6) is 5.75 Å². The van der Waals surface area contributed by atoms with E-state index in [1.165, 1.54) is 43.5 Å². The number of likely N-dealkylation sites (tertiary alicyclic amines) is 1. The van der Waals surface area contributed by atoms with Gasteiger partial charge in [-0.2, -0.15) is 0 Å². The van der Waals surface area contributed by atoms with Crippen molar-refractivity contribution in [2.24, 2.45) is 5.92 Å². The zero-order valence-corrected chi connectivity index (χ0v) is 15.3. The van der Waals surface area contributed by atoms with Crippen LogP contribution < -0.4 is 4.74 Å². The van der Waals surface area contributed by atoms with Gasteiger partial charge in [0.05, 0.1) is 7.11 Å². The van der Waals surface area contributed by atoms with Gasteiger partial charge in [0, 0.05) is 6.54 Å². The molecule has 0 unspecified atom stereocenters. The molecule has 2 aromatic carbocycles. The first-order chi connectivity index (χ1) is 11.3. The fraction of sp³-hybridized carbons (Fsp3) is 0.429. The summed E-state index contributed by atoms with van der Waals surface area (Å²) < 4.78 is 5.30. The molecule has 0 saturated carbocycles. The second kappa shape index (κ2) is 9.71. The van der Waals surface area contributed by atoms with Crippen molar-refractivity contribution in [2.75, 3.05) is 26.7 Å². The first-order valence-corrected chi connectivity index (χ1v) is 8.72. The van der Waals surface area contributed by atoms with Crippen molar-refractivity contribution in [1.29, 1.82) is 0 Å². The minimum Gasteiger partial charge on any atom is -0.497 e. The molecule has 0 aromatic heterocycles. The molecule has 0 aliphatic carbocycles. The summed E-state index contributed by atoms with van der Waals surface area (Å²) >= 11 is 0. The Bertz CT molecular complexity index is 594. The van der Waals surface area contributed by atoms with E-state index in [1.807, 2.05) is 6.07 Å². The van der Waals surface area contributed by atoms with Gasteiger partial charge in [0.25, 0.3) is 0 Å². The van der Waals surface area contributed by atoms with Crippen molar-refractivity contribution in [2.45, 2.75) is 25.7 Å². The van der Waals surface area contributed by atoms with Gasteiger partial charge in [0.2, 0.25) is 0 Å². The second-order valence-corrected chi connectivity index (χ2v) is 6.58. The molecule has 1 fully saturated rings. The highest BCUT2D eigenvalue weighted by atomic mass is 35.5. The summed E-state index contributed by atoms with van der Waals surface area (Å²) in [5.41, 5.74) is 2.86. The third-order valence-corrected chi connectivity index (χ3v) is 4.93. The van der Waals surface area contributed by atoms with Gasteiger partial charge in [0.15, 0.2) is 0 Å². The number of benzene rings is 2. The van der Waals surface area contributed by atoms with Gasteiger partial charge < -0.3 is 9.64 Å². The lowest BCUT2D eigenvalue weighted by Gasteiger charge is -2.32. The lowest BCUT2D eigenvalue weighted by atomic mass is 9.90. The first-order valence-electron chi connectivity index (χ1n) is 8.72. The summed E-state index contributed by atoms with van der Waals surface area (Å²) in [7, 11) is 1.73. The van der Waals surface area contributed by atoms with Gasteiger partial charge in [-0.15, -0.1) is 12.4 Å². The number of piperidine rings is 1. The summed E-state index contributed by atoms with van der Waals surface area (Å²) in [4.78, 5) is 2.61. The minimum atomic E-state index is 0. The van der Waals surface area contributed by atoms with E-state index in [4.69, 9.17) is 4.74 Å². The van der Waals surface area contributed by atoms with Gasteiger partial charge in [-0.05, 0) is 68.0 Å². The Balaban J connectivity index is 0.00000208. The van der Waals surface area contributed by atoms with Crippen molar-refractivity contribution in [3.05, 3.63) is 65.7 Å². The van der Waals surface area contributed by atoms with Crippen molar-refractivity contribution in [1.82, 2.24) is 4.90 Å². The minimum absolute atomic E-state index is 0. The van der Waals surface area contributed by atoms with Gasteiger partial charge in [-0.25, -0.2) is 0 Å². The molecule has 1 saturated heterocycles. The molecule has 0 radical (unpaired) electrons. The molecule has 1 heterocycles. The molecular formula is C21H28ClNO. The Morgan fingerprint density at radius 3 is 2.38 bits per heavy atom. The predicted octanol–water partition coefficient (Wildman–Crippen LogP) is 4.61. The normalized spacial score (nSPS) is 15.7. The number of hydrogen-bond donors (Lipinski definition) is 0. The van der Waals surface area contributed by atoms with Gasteiger partial charge >= 0.3 is 0 Å². The number of rotatable bonds is 6. The SMILES string of the molecule is COc1cccc(CCN2CCC(Cc3ccccc3)CC2)c1.Cl. The Kier molecular flexibility index (Phi) is 7.61. The standard InChI is InChI=1S/C21H27NO.ClH/c1-23-21-9-5-8-19(17-21)10-13-22-14-11-20(12-15-22)16-18-6-3-2-4-7-18;/h2-9,17,20H,10-16H2,1H3;1H. The highest BCUT2D eigenvalue weighted by Crippen LogP contribution is 2.22. The van der Waals surface area contributed by atoms with E-state index in [2.05, 4.69) is 53.4 Å². The Labute approximate surface area is 152 Å². The number of hydrogen-bond acceptors (Lipinski definition) is 2. The van der Waals surface area contributed by atoms with Crippen molar-refractivity contribution >= 4 is 12.4 Å². The third kappa shape index (κ3) is 5.54. The zero-order chi connectivity index (χ0) is 15.9. The van der Waals surface area contributed by atoms with Gasteiger partial charge in [0.1, 0.15) is 5.75 Å². The van der Waals surface area contributed by atoms with Gasteiger partial charge in [-0.3, -0.25) is 0 Å². The van der Waals surface area contributed by atoms with Crippen molar-refractivity contribution < 1.29 is 4.74 Å². The summed E-state index contributed by atoms with van der Waals surface area (Å²) in [6.45, 7) is 3.63. The quantitative estimate of drug-likeness (QED) is 0.757. The molecule has 3 heteroatoms. The summed E-state index contributed by atoms with van der Waals surface area (Å²) in [6.07, 6.45) is 5.01. The van der Waals surface area contributed by atoms with Crippen molar-refractivity contribution in [3.63, 3.8) is 0 Å². The average Bonchev–Trinajstić information content (AvgIpc) is 2.62. The second-order valence-electron chi connectivity index (χ2n) is 6.58. The monoisotopic (exact) mass is 345 g/mol.